The highest BCUT2D eigenvalue weighted by Gasteiger charge is 2.23. The summed E-state index contributed by atoms with van der Waals surface area (Å²) in [4.78, 5) is 11.8. The van der Waals surface area contributed by atoms with Crippen molar-refractivity contribution in [3.63, 3.8) is 0 Å². The van der Waals surface area contributed by atoms with Crippen LogP contribution in [0.4, 0.5) is 5.69 Å². The van der Waals surface area contributed by atoms with Gasteiger partial charge in [-0.05, 0) is 32.0 Å². The second-order valence-corrected chi connectivity index (χ2v) is 6.74. The molecule has 0 aliphatic rings. The molecule has 0 radical (unpaired) electrons. The van der Waals surface area contributed by atoms with Crippen molar-refractivity contribution in [2.24, 2.45) is 0 Å². The molecule has 1 aromatic carbocycles. The number of hydrogen-bond donors (Lipinski definition) is 2. The molecular formula is C13H19NO5S. The number of ether oxygens (including phenoxy) is 1. The maximum absolute atomic E-state index is 11.8. The summed E-state index contributed by atoms with van der Waals surface area (Å²) in [6, 6.07) is 4.77. The zero-order valence-corrected chi connectivity index (χ0v) is 12.5. The first-order chi connectivity index (χ1) is 9.29. The molecule has 112 valence electrons. The van der Waals surface area contributed by atoms with Crippen molar-refractivity contribution >= 4 is 21.4 Å². The van der Waals surface area contributed by atoms with Crippen LogP contribution in [0.25, 0.3) is 0 Å². The molecule has 1 aromatic rings. The van der Waals surface area contributed by atoms with Gasteiger partial charge in [0.25, 0.3) is 0 Å². The topological polar surface area (TPSA) is 92.7 Å². The lowest BCUT2D eigenvalue weighted by atomic mass is 10.2. The summed E-state index contributed by atoms with van der Waals surface area (Å²) in [7, 11) is -3.44. The van der Waals surface area contributed by atoms with Gasteiger partial charge in [0, 0.05) is 17.5 Å². The smallest absolute Gasteiger partial charge is 0.242 e. The number of aliphatic hydroxyl groups is 1. The monoisotopic (exact) mass is 301 g/mol. The van der Waals surface area contributed by atoms with Gasteiger partial charge in [0.15, 0.2) is 9.84 Å². The third kappa shape index (κ3) is 4.21. The van der Waals surface area contributed by atoms with Crippen molar-refractivity contribution in [2.45, 2.75) is 25.7 Å². The van der Waals surface area contributed by atoms with Crippen LogP contribution in [0.5, 0.6) is 5.75 Å². The number of hydrogen-bond acceptors (Lipinski definition) is 5. The third-order valence-electron chi connectivity index (χ3n) is 2.81. The number of anilines is 1. The third-order valence-corrected chi connectivity index (χ3v) is 4.31. The molecule has 2 N–H and O–H groups in total. The maximum Gasteiger partial charge on any atom is 0.242 e. The summed E-state index contributed by atoms with van der Waals surface area (Å²) in [6.07, 6.45) is 1.01. The Bertz CT molecular complexity index is 582. The van der Waals surface area contributed by atoms with Crippen LogP contribution in [-0.2, 0) is 21.2 Å². The Kier molecular flexibility index (Phi) is 5.52. The van der Waals surface area contributed by atoms with E-state index in [-0.39, 0.29) is 6.61 Å². The van der Waals surface area contributed by atoms with E-state index in [0.29, 0.717) is 23.6 Å². The molecule has 0 spiro atoms. The summed E-state index contributed by atoms with van der Waals surface area (Å²) in [5, 5.41) is 10.6. The molecule has 0 bridgehead atoms. The van der Waals surface area contributed by atoms with Gasteiger partial charge in [-0.2, -0.15) is 0 Å². The number of nitrogens with one attached hydrogen (secondary N) is 1. The van der Waals surface area contributed by atoms with Gasteiger partial charge in [0.05, 0.1) is 13.2 Å². The first kappa shape index (κ1) is 16.5. The second-order valence-electron chi connectivity index (χ2n) is 4.37. The second kappa shape index (κ2) is 6.71. The fraction of sp³-hybridized carbons (Fsp3) is 0.462. The van der Waals surface area contributed by atoms with Gasteiger partial charge < -0.3 is 15.2 Å². The predicted molar refractivity (Wildman–Crippen MR) is 76.5 cm³/mol. The lowest BCUT2D eigenvalue weighted by Crippen LogP contribution is -2.31. The lowest BCUT2D eigenvalue weighted by Gasteiger charge is -2.13. The molecule has 0 saturated carbocycles. The van der Waals surface area contributed by atoms with E-state index in [0.717, 1.165) is 6.26 Å². The van der Waals surface area contributed by atoms with Crippen molar-refractivity contribution in [2.75, 3.05) is 18.2 Å². The van der Waals surface area contributed by atoms with Crippen LogP contribution in [0, 0.1) is 0 Å². The molecule has 7 heteroatoms. The number of rotatable bonds is 6. The van der Waals surface area contributed by atoms with E-state index in [4.69, 9.17) is 4.74 Å². The molecule has 0 saturated heterocycles. The van der Waals surface area contributed by atoms with Gasteiger partial charge in [-0.25, -0.2) is 8.42 Å². The number of sulfone groups is 1. The molecule has 0 aromatic heterocycles. The van der Waals surface area contributed by atoms with Gasteiger partial charge >= 0.3 is 0 Å². The average molecular weight is 301 g/mol. The number of benzene rings is 1. The van der Waals surface area contributed by atoms with Crippen molar-refractivity contribution in [1.82, 2.24) is 0 Å². The quantitative estimate of drug-likeness (QED) is 0.816. The highest BCUT2D eigenvalue weighted by atomic mass is 32.2. The van der Waals surface area contributed by atoms with Gasteiger partial charge in [-0.3, -0.25) is 4.79 Å². The average Bonchev–Trinajstić information content (AvgIpc) is 2.38. The minimum Gasteiger partial charge on any atom is -0.494 e. The van der Waals surface area contributed by atoms with Crippen LogP contribution in [0.1, 0.15) is 19.4 Å². The molecule has 0 fully saturated rings. The Morgan fingerprint density at radius 3 is 2.60 bits per heavy atom. The lowest BCUT2D eigenvalue weighted by molar-refractivity contribution is -0.115. The molecule has 1 unspecified atom stereocenters. The molecule has 1 rings (SSSR count). The Hall–Kier alpha value is -1.60. The van der Waals surface area contributed by atoms with Crippen molar-refractivity contribution in [3.05, 3.63) is 23.8 Å². The molecule has 1 amide bonds. The summed E-state index contributed by atoms with van der Waals surface area (Å²) >= 11 is 0. The normalized spacial score (nSPS) is 12.8. The first-order valence-corrected chi connectivity index (χ1v) is 8.11. The summed E-state index contributed by atoms with van der Waals surface area (Å²) in [5.74, 6) is -0.0790. The van der Waals surface area contributed by atoms with E-state index in [9.17, 15) is 18.3 Å². The van der Waals surface area contributed by atoms with Crippen LogP contribution in [0.2, 0.25) is 0 Å². The maximum atomic E-state index is 11.8. The number of carbonyl (C=O) groups excluding carboxylic acids is 1. The molecule has 6 nitrogen and oxygen atoms in total. The predicted octanol–water partition coefficient (Wildman–Crippen LogP) is 0.949. The Morgan fingerprint density at radius 1 is 1.45 bits per heavy atom. The Labute approximate surface area is 118 Å². The molecule has 0 heterocycles. The Morgan fingerprint density at radius 2 is 2.10 bits per heavy atom. The Balaban J connectivity index is 2.91. The van der Waals surface area contributed by atoms with E-state index in [1.807, 2.05) is 6.92 Å². The molecule has 0 aliphatic heterocycles. The van der Waals surface area contributed by atoms with Gasteiger partial charge in [0.1, 0.15) is 11.0 Å². The van der Waals surface area contributed by atoms with Crippen LogP contribution in [-0.4, -0.2) is 37.5 Å². The SMILES string of the molecule is CCOc1ccc(NC(=O)C(C)S(C)(=O)=O)cc1CO. The van der Waals surface area contributed by atoms with Crippen molar-refractivity contribution in [3.8, 4) is 5.75 Å². The van der Waals surface area contributed by atoms with E-state index < -0.39 is 21.0 Å². The molecular weight excluding hydrogens is 282 g/mol. The van der Waals surface area contributed by atoms with Crippen molar-refractivity contribution < 1.29 is 23.1 Å². The minimum atomic E-state index is -3.44. The summed E-state index contributed by atoms with van der Waals surface area (Å²) in [5.41, 5.74) is 0.940. The van der Waals surface area contributed by atoms with Crippen molar-refractivity contribution in [1.29, 1.82) is 0 Å². The van der Waals surface area contributed by atoms with E-state index in [2.05, 4.69) is 5.32 Å². The standard InChI is InChI=1S/C13H19NO5S/c1-4-19-12-6-5-11(7-10(12)8-15)14-13(16)9(2)20(3,17)18/h5-7,9,15H,4,8H2,1-3H3,(H,14,16). The zero-order valence-electron chi connectivity index (χ0n) is 11.7. The largest absolute Gasteiger partial charge is 0.494 e. The molecule has 1 atom stereocenters. The van der Waals surface area contributed by atoms with Crippen LogP contribution in [0.15, 0.2) is 18.2 Å². The van der Waals surface area contributed by atoms with Crippen LogP contribution >= 0.6 is 0 Å². The van der Waals surface area contributed by atoms with Crippen LogP contribution in [0.3, 0.4) is 0 Å². The minimum absolute atomic E-state index is 0.235. The molecule has 20 heavy (non-hydrogen) atoms. The first-order valence-electron chi connectivity index (χ1n) is 6.16. The van der Waals surface area contributed by atoms with Gasteiger partial charge in [-0.1, -0.05) is 0 Å². The number of aliphatic hydroxyl groups excluding tert-OH is 1. The molecule has 0 aliphatic carbocycles. The van der Waals surface area contributed by atoms with Gasteiger partial charge in [-0.15, -0.1) is 0 Å². The summed E-state index contributed by atoms with van der Waals surface area (Å²) < 4.78 is 27.9. The van der Waals surface area contributed by atoms with Crippen LogP contribution < -0.4 is 10.1 Å². The van der Waals surface area contributed by atoms with E-state index in [1.165, 1.54) is 6.92 Å². The summed E-state index contributed by atoms with van der Waals surface area (Å²) in [6.45, 7) is 3.38. The van der Waals surface area contributed by atoms with E-state index in [1.54, 1.807) is 18.2 Å². The number of carbonyl (C=O) groups is 1. The van der Waals surface area contributed by atoms with Gasteiger partial charge in [0.2, 0.25) is 5.91 Å². The fourth-order valence-corrected chi connectivity index (χ4v) is 1.96. The highest BCUT2D eigenvalue weighted by Crippen LogP contribution is 2.23. The zero-order chi connectivity index (χ0) is 15.3. The van der Waals surface area contributed by atoms with E-state index >= 15 is 0 Å². The number of amides is 1. The highest BCUT2D eigenvalue weighted by molar-refractivity contribution is 7.92. The fourth-order valence-electron chi connectivity index (χ4n) is 1.52.